The number of hydrogen-bond acceptors (Lipinski definition) is 3. The van der Waals surface area contributed by atoms with E-state index in [-0.39, 0.29) is 6.61 Å². The standard InChI is InChI=1S/C9H8BrN3O/c10-8-4-7(6-14)9(11-5-8)13-3-1-2-12-13/h1-5,14H,6H2. The van der Waals surface area contributed by atoms with Gasteiger partial charge in [-0.2, -0.15) is 5.10 Å². The molecule has 2 aromatic rings. The molecule has 0 saturated heterocycles. The topological polar surface area (TPSA) is 50.9 Å². The summed E-state index contributed by atoms with van der Waals surface area (Å²) in [5.41, 5.74) is 0.739. The molecule has 0 fully saturated rings. The predicted octanol–water partition coefficient (Wildman–Crippen LogP) is 1.52. The minimum absolute atomic E-state index is 0.0539. The molecule has 0 bridgehead atoms. The molecule has 0 unspecified atom stereocenters. The Bertz CT molecular complexity index is 428. The molecule has 2 rings (SSSR count). The Morgan fingerprint density at radius 1 is 1.50 bits per heavy atom. The third kappa shape index (κ3) is 1.69. The number of aliphatic hydroxyl groups is 1. The van der Waals surface area contributed by atoms with Crippen LogP contribution in [0.15, 0.2) is 35.2 Å². The van der Waals surface area contributed by atoms with Crippen molar-refractivity contribution in [3.8, 4) is 5.82 Å². The first-order chi connectivity index (χ1) is 6.81. The minimum Gasteiger partial charge on any atom is -0.392 e. The fraction of sp³-hybridized carbons (Fsp3) is 0.111. The van der Waals surface area contributed by atoms with Crippen LogP contribution in [0.25, 0.3) is 5.82 Å². The van der Waals surface area contributed by atoms with Crippen molar-refractivity contribution >= 4 is 15.9 Å². The van der Waals surface area contributed by atoms with Crippen molar-refractivity contribution in [1.29, 1.82) is 0 Å². The van der Waals surface area contributed by atoms with Gasteiger partial charge in [-0.1, -0.05) is 0 Å². The summed E-state index contributed by atoms with van der Waals surface area (Å²) >= 11 is 3.30. The molecule has 0 saturated carbocycles. The van der Waals surface area contributed by atoms with Crippen molar-refractivity contribution in [2.45, 2.75) is 6.61 Å². The van der Waals surface area contributed by atoms with E-state index in [1.807, 2.05) is 12.1 Å². The second-order valence-corrected chi connectivity index (χ2v) is 3.66. The fourth-order valence-corrected chi connectivity index (χ4v) is 1.57. The van der Waals surface area contributed by atoms with Gasteiger partial charge in [0, 0.05) is 28.6 Å². The molecular weight excluding hydrogens is 246 g/mol. The largest absolute Gasteiger partial charge is 0.392 e. The number of pyridine rings is 1. The molecule has 0 aromatic carbocycles. The van der Waals surface area contributed by atoms with Crippen molar-refractivity contribution in [3.05, 3.63) is 40.8 Å². The lowest BCUT2D eigenvalue weighted by Gasteiger charge is -2.05. The van der Waals surface area contributed by atoms with Gasteiger partial charge in [-0.15, -0.1) is 0 Å². The monoisotopic (exact) mass is 253 g/mol. The molecule has 1 N–H and O–H groups in total. The van der Waals surface area contributed by atoms with Crippen LogP contribution in [0.1, 0.15) is 5.56 Å². The van der Waals surface area contributed by atoms with Crippen LogP contribution in [0.3, 0.4) is 0 Å². The predicted molar refractivity (Wildman–Crippen MR) is 55.0 cm³/mol. The van der Waals surface area contributed by atoms with Gasteiger partial charge in [0.2, 0.25) is 0 Å². The first-order valence-corrected chi connectivity index (χ1v) is 4.86. The Balaban J connectivity index is 2.53. The molecule has 14 heavy (non-hydrogen) atoms. The van der Waals surface area contributed by atoms with Crippen LogP contribution in [0.4, 0.5) is 0 Å². The normalized spacial score (nSPS) is 10.4. The third-order valence-corrected chi connectivity index (χ3v) is 2.23. The van der Waals surface area contributed by atoms with Crippen LogP contribution in [0, 0.1) is 0 Å². The van der Waals surface area contributed by atoms with Gasteiger partial charge in [-0.05, 0) is 28.1 Å². The van der Waals surface area contributed by atoms with Gasteiger partial charge in [0.15, 0.2) is 5.82 Å². The number of aromatic nitrogens is 3. The highest BCUT2D eigenvalue weighted by atomic mass is 79.9. The van der Waals surface area contributed by atoms with Crippen molar-refractivity contribution in [2.75, 3.05) is 0 Å². The van der Waals surface area contributed by atoms with E-state index < -0.39 is 0 Å². The number of rotatable bonds is 2. The van der Waals surface area contributed by atoms with Gasteiger partial charge >= 0.3 is 0 Å². The van der Waals surface area contributed by atoms with Crippen LogP contribution >= 0.6 is 15.9 Å². The molecule has 4 nitrogen and oxygen atoms in total. The third-order valence-electron chi connectivity index (χ3n) is 1.80. The number of hydrogen-bond donors (Lipinski definition) is 1. The second kappa shape index (κ2) is 3.89. The molecule has 0 aliphatic rings. The Hall–Kier alpha value is -1.20. The summed E-state index contributed by atoms with van der Waals surface area (Å²) in [6.45, 7) is -0.0539. The summed E-state index contributed by atoms with van der Waals surface area (Å²) in [6, 6.07) is 3.63. The highest BCUT2D eigenvalue weighted by molar-refractivity contribution is 9.10. The second-order valence-electron chi connectivity index (χ2n) is 2.75. The summed E-state index contributed by atoms with van der Waals surface area (Å²) in [5.74, 6) is 0.653. The Labute approximate surface area is 89.3 Å². The van der Waals surface area contributed by atoms with E-state index in [9.17, 15) is 0 Å². The SMILES string of the molecule is OCc1cc(Br)cnc1-n1cccn1. The van der Waals surface area contributed by atoms with E-state index in [4.69, 9.17) is 5.11 Å². The first kappa shape index (κ1) is 9.36. The van der Waals surface area contributed by atoms with Gasteiger partial charge in [0.1, 0.15) is 0 Å². The molecule has 0 aliphatic carbocycles. The molecule has 0 aliphatic heterocycles. The highest BCUT2D eigenvalue weighted by Gasteiger charge is 2.05. The minimum atomic E-state index is -0.0539. The van der Waals surface area contributed by atoms with Gasteiger partial charge in [-0.3, -0.25) is 0 Å². The van der Waals surface area contributed by atoms with Crippen LogP contribution in [0.2, 0.25) is 0 Å². The smallest absolute Gasteiger partial charge is 0.158 e. The lowest BCUT2D eigenvalue weighted by atomic mass is 10.3. The van der Waals surface area contributed by atoms with E-state index in [0.717, 1.165) is 10.0 Å². The van der Waals surface area contributed by atoms with Crippen LogP contribution in [-0.2, 0) is 6.61 Å². The van der Waals surface area contributed by atoms with Gasteiger partial charge in [0.25, 0.3) is 0 Å². The molecule has 0 atom stereocenters. The van der Waals surface area contributed by atoms with Crippen LogP contribution in [-0.4, -0.2) is 19.9 Å². The number of halogens is 1. The zero-order chi connectivity index (χ0) is 9.97. The lowest BCUT2D eigenvalue weighted by Crippen LogP contribution is -2.03. The van der Waals surface area contributed by atoms with Crippen molar-refractivity contribution in [3.63, 3.8) is 0 Å². The average Bonchev–Trinajstić information content (AvgIpc) is 2.70. The number of nitrogens with zero attached hydrogens (tertiary/aromatic N) is 3. The van der Waals surface area contributed by atoms with E-state index in [0.29, 0.717) is 5.82 Å². The first-order valence-electron chi connectivity index (χ1n) is 4.06. The molecule has 0 radical (unpaired) electrons. The zero-order valence-electron chi connectivity index (χ0n) is 7.26. The molecule has 72 valence electrons. The summed E-state index contributed by atoms with van der Waals surface area (Å²) in [4.78, 5) is 4.19. The van der Waals surface area contributed by atoms with E-state index in [1.165, 1.54) is 0 Å². The van der Waals surface area contributed by atoms with Gasteiger partial charge < -0.3 is 5.11 Å². The highest BCUT2D eigenvalue weighted by Crippen LogP contribution is 2.16. The maximum Gasteiger partial charge on any atom is 0.158 e. The molecular formula is C9H8BrN3O. The van der Waals surface area contributed by atoms with Crippen molar-refractivity contribution in [1.82, 2.24) is 14.8 Å². The Morgan fingerprint density at radius 3 is 3.00 bits per heavy atom. The van der Waals surface area contributed by atoms with Crippen LogP contribution in [0.5, 0.6) is 0 Å². The summed E-state index contributed by atoms with van der Waals surface area (Å²) < 4.78 is 2.47. The summed E-state index contributed by atoms with van der Waals surface area (Å²) in [5, 5.41) is 13.2. The quantitative estimate of drug-likeness (QED) is 0.883. The maximum atomic E-state index is 9.14. The van der Waals surface area contributed by atoms with Crippen molar-refractivity contribution < 1.29 is 5.11 Å². The average molecular weight is 254 g/mol. The van der Waals surface area contributed by atoms with Crippen LogP contribution < -0.4 is 0 Å². The summed E-state index contributed by atoms with van der Waals surface area (Å²) in [6.07, 6.45) is 5.14. The van der Waals surface area contributed by atoms with Gasteiger partial charge in [-0.25, -0.2) is 9.67 Å². The summed E-state index contributed by atoms with van der Waals surface area (Å²) in [7, 11) is 0. The van der Waals surface area contributed by atoms with E-state index in [2.05, 4.69) is 26.0 Å². The van der Waals surface area contributed by atoms with Crippen molar-refractivity contribution in [2.24, 2.45) is 0 Å². The molecule has 0 amide bonds. The maximum absolute atomic E-state index is 9.14. The van der Waals surface area contributed by atoms with E-state index in [1.54, 1.807) is 23.3 Å². The lowest BCUT2D eigenvalue weighted by molar-refractivity contribution is 0.280. The molecule has 0 spiro atoms. The molecule has 2 heterocycles. The number of aliphatic hydroxyl groups excluding tert-OH is 1. The van der Waals surface area contributed by atoms with Gasteiger partial charge in [0.05, 0.1) is 6.61 Å². The Kier molecular flexibility index (Phi) is 2.60. The molecule has 5 heteroatoms. The Morgan fingerprint density at radius 2 is 2.36 bits per heavy atom. The zero-order valence-corrected chi connectivity index (χ0v) is 8.85. The molecule has 2 aromatic heterocycles. The van der Waals surface area contributed by atoms with E-state index >= 15 is 0 Å². The fourth-order valence-electron chi connectivity index (χ4n) is 1.19.